The van der Waals surface area contributed by atoms with Gasteiger partial charge in [0.15, 0.2) is 0 Å². The van der Waals surface area contributed by atoms with Crippen LogP contribution in [-0.4, -0.2) is 6.04 Å². The van der Waals surface area contributed by atoms with Crippen molar-refractivity contribution < 1.29 is 0 Å². The lowest BCUT2D eigenvalue weighted by Crippen LogP contribution is -2.15. The Labute approximate surface area is 82.7 Å². The van der Waals surface area contributed by atoms with E-state index in [1.54, 1.807) is 0 Å². The first-order valence-electron chi connectivity index (χ1n) is 5.02. The lowest BCUT2D eigenvalue weighted by atomic mass is 9.97. The summed E-state index contributed by atoms with van der Waals surface area (Å²) in [6.45, 7) is 4.40. The Kier molecular flexibility index (Phi) is 1.43. The van der Waals surface area contributed by atoms with Crippen LogP contribution in [-0.2, 0) is 0 Å². The number of nitrogens with zero attached hydrogens (tertiary/aromatic N) is 2. The summed E-state index contributed by atoms with van der Waals surface area (Å²) in [5.41, 5.74) is 2.55. The van der Waals surface area contributed by atoms with E-state index in [-0.39, 0.29) is 0 Å². The van der Waals surface area contributed by atoms with E-state index >= 15 is 0 Å². The third-order valence-corrected chi connectivity index (χ3v) is 3.20. The largest absolute Gasteiger partial charge is 0.281 e. The first-order valence-corrected chi connectivity index (χ1v) is 5.02. The van der Waals surface area contributed by atoms with Gasteiger partial charge in [-0.25, -0.2) is 0 Å². The van der Waals surface area contributed by atoms with Gasteiger partial charge < -0.3 is 0 Å². The predicted molar refractivity (Wildman–Crippen MR) is 55.7 cm³/mol. The highest BCUT2D eigenvalue weighted by atomic mass is 14.8. The van der Waals surface area contributed by atoms with Gasteiger partial charge in [0.1, 0.15) is 0 Å². The quantitative estimate of drug-likeness (QED) is 0.582. The van der Waals surface area contributed by atoms with E-state index < -0.39 is 0 Å². The Bertz CT molecular complexity index is 540. The number of rotatable bonds is 0. The first kappa shape index (κ1) is 7.92. The Morgan fingerprint density at radius 3 is 2.86 bits per heavy atom. The molecule has 2 aliphatic rings. The maximum atomic E-state index is 4.64. The molecule has 70 valence electrons. The van der Waals surface area contributed by atoms with E-state index in [9.17, 15) is 0 Å². The van der Waals surface area contributed by atoms with E-state index in [0.29, 0.717) is 12.0 Å². The second-order valence-electron chi connectivity index (χ2n) is 4.07. The van der Waals surface area contributed by atoms with Crippen molar-refractivity contribution >= 4 is 6.08 Å². The maximum absolute atomic E-state index is 4.64. The molecule has 1 aromatic rings. The summed E-state index contributed by atoms with van der Waals surface area (Å²) >= 11 is 0. The van der Waals surface area contributed by atoms with Crippen molar-refractivity contribution in [1.82, 2.24) is 0 Å². The molecular weight excluding hydrogens is 172 g/mol. The van der Waals surface area contributed by atoms with Gasteiger partial charge >= 0.3 is 0 Å². The number of benzene rings is 1. The summed E-state index contributed by atoms with van der Waals surface area (Å²) in [6, 6.07) is 4.75. The third kappa shape index (κ3) is 0.910. The van der Waals surface area contributed by atoms with E-state index in [0.717, 1.165) is 10.7 Å². The molecule has 0 fully saturated rings. The summed E-state index contributed by atoms with van der Waals surface area (Å²) in [6.07, 6.45) is 3.90. The first-order chi connectivity index (χ1) is 6.75. The van der Waals surface area contributed by atoms with E-state index in [4.69, 9.17) is 0 Å². The topological polar surface area (TPSA) is 24.7 Å². The third-order valence-electron chi connectivity index (χ3n) is 3.20. The fraction of sp³-hybridized carbons (Fsp3) is 0.333. The average molecular weight is 184 g/mol. The molecule has 0 aromatic heterocycles. The molecule has 2 heterocycles. The van der Waals surface area contributed by atoms with Crippen molar-refractivity contribution in [2.24, 2.45) is 9.98 Å². The average Bonchev–Trinajstić information content (AvgIpc) is 2.70. The highest BCUT2D eigenvalue weighted by Gasteiger charge is 2.21. The molecule has 1 aromatic carbocycles. The van der Waals surface area contributed by atoms with Crippen LogP contribution in [0.1, 0.15) is 30.9 Å². The van der Waals surface area contributed by atoms with Crippen molar-refractivity contribution in [3.8, 4) is 0 Å². The van der Waals surface area contributed by atoms with Crippen LogP contribution in [0, 0.1) is 0 Å². The fourth-order valence-electron chi connectivity index (χ4n) is 2.12. The van der Waals surface area contributed by atoms with Gasteiger partial charge in [-0.05, 0) is 30.7 Å². The molecule has 2 unspecified atom stereocenters. The fourth-order valence-corrected chi connectivity index (χ4v) is 2.12. The van der Waals surface area contributed by atoms with E-state index in [2.05, 4.69) is 36.0 Å². The molecule has 0 saturated heterocycles. The molecule has 14 heavy (non-hydrogen) atoms. The van der Waals surface area contributed by atoms with Gasteiger partial charge in [-0.15, -0.1) is 0 Å². The summed E-state index contributed by atoms with van der Waals surface area (Å²) in [7, 11) is 0. The van der Waals surface area contributed by atoms with Crippen LogP contribution in [0.2, 0.25) is 0 Å². The lowest BCUT2D eigenvalue weighted by molar-refractivity contribution is 0.644. The minimum absolute atomic E-state index is 0.413. The summed E-state index contributed by atoms with van der Waals surface area (Å²) in [5, 5.41) is 2.26. The van der Waals surface area contributed by atoms with Crippen LogP contribution in [0.15, 0.2) is 28.3 Å². The SMILES string of the molecule is CC1N=c2cc3c(cc2C1C)=NC=C3. The standard InChI is InChI=1S/C12H12N2/c1-7-8(2)14-12-5-9-3-4-13-11(9)6-10(7)12/h3-8H,1-2H3. The smallest absolute Gasteiger partial charge is 0.0706 e. The van der Waals surface area contributed by atoms with Crippen molar-refractivity contribution in [2.45, 2.75) is 25.8 Å². The number of hydrogen-bond acceptors (Lipinski definition) is 2. The van der Waals surface area contributed by atoms with Gasteiger partial charge in [0.25, 0.3) is 0 Å². The Hall–Kier alpha value is -1.44. The summed E-state index contributed by atoms with van der Waals surface area (Å²) in [5.74, 6) is 0.533. The van der Waals surface area contributed by atoms with Crippen LogP contribution in [0.4, 0.5) is 0 Å². The molecule has 0 radical (unpaired) electrons. The maximum Gasteiger partial charge on any atom is 0.0706 e. The second-order valence-corrected chi connectivity index (χ2v) is 4.07. The molecule has 2 atom stereocenters. The number of hydrogen-bond donors (Lipinski definition) is 0. The van der Waals surface area contributed by atoms with Gasteiger partial charge in [-0.3, -0.25) is 9.98 Å². The van der Waals surface area contributed by atoms with Crippen molar-refractivity contribution in [3.63, 3.8) is 0 Å². The summed E-state index contributed by atoms with van der Waals surface area (Å²) < 4.78 is 0. The van der Waals surface area contributed by atoms with Crippen LogP contribution in [0.25, 0.3) is 6.08 Å². The van der Waals surface area contributed by atoms with Crippen LogP contribution >= 0.6 is 0 Å². The van der Waals surface area contributed by atoms with Gasteiger partial charge in [0.05, 0.1) is 16.8 Å². The van der Waals surface area contributed by atoms with Gasteiger partial charge in [-0.2, -0.15) is 0 Å². The minimum atomic E-state index is 0.413. The molecule has 0 saturated carbocycles. The number of fused-ring (bicyclic) bond motifs is 2. The van der Waals surface area contributed by atoms with Gasteiger partial charge in [0.2, 0.25) is 0 Å². The molecule has 2 nitrogen and oxygen atoms in total. The Morgan fingerprint density at radius 1 is 1.14 bits per heavy atom. The zero-order valence-electron chi connectivity index (χ0n) is 8.36. The van der Waals surface area contributed by atoms with Crippen molar-refractivity contribution in [1.29, 1.82) is 0 Å². The van der Waals surface area contributed by atoms with Gasteiger partial charge in [-0.1, -0.05) is 6.92 Å². The molecule has 0 spiro atoms. The molecule has 2 aliphatic heterocycles. The predicted octanol–water partition coefficient (Wildman–Crippen LogP) is 1.42. The highest BCUT2D eigenvalue weighted by Crippen LogP contribution is 2.22. The lowest BCUT2D eigenvalue weighted by Gasteiger charge is -2.07. The van der Waals surface area contributed by atoms with E-state index in [1.807, 2.05) is 12.3 Å². The monoisotopic (exact) mass is 184 g/mol. The molecule has 0 amide bonds. The summed E-state index contributed by atoms with van der Waals surface area (Å²) in [4.78, 5) is 8.95. The molecule has 0 aliphatic carbocycles. The second kappa shape index (κ2) is 2.53. The highest BCUT2D eigenvalue weighted by molar-refractivity contribution is 5.52. The van der Waals surface area contributed by atoms with E-state index in [1.165, 1.54) is 11.1 Å². The molecule has 0 bridgehead atoms. The Morgan fingerprint density at radius 2 is 2.00 bits per heavy atom. The molecular formula is C12H12N2. The van der Waals surface area contributed by atoms with Crippen LogP contribution in [0.5, 0.6) is 0 Å². The zero-order valence-corrected chi connectivity index (χ0v) is 8.36. The van der Waals surface area contributed by atoms with Crippen LogP contribution in [0.3, 0.4) is 0 Å². The molecule has 3 rings (SSSR count). The normalized spacial score (nSPS) is 26.7. The molecule has 0 N–H and O–H groups in total. The van der Waals surface area contributed by atoms with Crippen LogP contribution < -0.4 is 10.7 Å². The minimum Gasteiger partial charge on any atom is -0.281 e. The zero-order chi connectivity index (χ0) is 9.71. The van der Waals surface area contributed by atoms with Crippen molar-refractivity contribution in [3.05, 3.63) is 40.2 Å². The Balaban J connectivity index is 2.34. The van der Waals surface area contributed by atoms with Gasteiger partial charge in [0, 0.05) is 17.7 Å². The van der Waals surface area contributed by atoms with Crippen molar-refractivity contribution in [2.75, 3.05) is 0 Å². The molecule has 2 heteroatoms.